The lowest BCUT2D eigenvalue weighted by Gasteiger charge is -2.23. The molecule has 0 saturated carbocycles. The van der Waals surface area contributed by atoms with E-state index in [2.05, 4.69) is 0 Å². The quantitative estimate of drug-likeness (QED) is 0.794. The van der Waals surface area contributed by atoms with Gasteiger partial charge >= 0.3 is 11.9 Å². The second-order valence-electron chi connectivity index (χ2n) is 4.44. The molecule has 7 heteroatoms. The third-order valence-electron chi connectivity index (χ3n) is 3.01. The van der Waals surface area contributed by atoms with E-state index in [-0.39, 0.29) is 22.0 Å². The molecule has 5 nitrogen and oxygen atoms in total. The lowest BCUT2D eigenvalue weighted by molar-refractivity contribution is -0.139. The van der Waals surface area contributed by atoms with Crippen LogP contribution in [0.2, 0.25) is 5.02 Å². The topological polar surface area (TPSA) is 55.8 Å². The van der Waals surface area contributed by atoms with E-state index in [1.807, 2.05) is 0 Å². The lowest BCUT2D eigenvalue weighted by atomic mass is 10.1. The van der Waals surface area contributed by atoms with Crippen LogP contribution in [-0.2, 0) is 19.1 Å². The monoisotopic (exact) mass is 337 g/mol. The molecule has 1 aliphatic rings. The van der Waals surface area contributed by atoms with Crippen LogP contribution in [0.1, 0.15) is 0 Å². The first-order valence-electron chi connectivity index (χ1n) is 6.49. The molecule has 0 amide bonds. The van der Waals surface area contributed by atoms with Crippen molar-refractivity contribution in [2.24, 2.45) is 0 Å². The molecular weight excluding hydrogens is 325 g/mol. The minimum absolute atomic E-state index is 0.0234. The zero-order valence-corrected chi connectivity index (χ0v) is 13.1. The number of methoxy groups -OCH3 is 2. The predicted octanol–water partition coefficient (Wildman–Crippen LogP) is 2.97. The van der Waals surface area contributed by atoms with Crippen molar-refractivity contribution in [2.45, 2.75) is 0 Å². The van der Waals surface area contributed by atoms with Crippen molar-refractivity contribution < 1.29 is 23.5 Å². The van der Waals surface area contributed by atoms with Gasteiger partial charge in [-0.15, -0.1) is 0 Å². The van der Waals surface area contributed by atoms with Crippen molar-refractivity contribution in [2.75, 3.05) is 19.1 Å². The highest BCUT2D eigenvalue weighted by atomic mass is 35.5. The molecule has 0 aliphatic carbocycles. The maximum atomic E-state index is 13.6. The van der Waals surface area contributed by atoms with Crippen LogP contribution in [0.4, 0.5) is 10.1 Å². The van der Waals surface area contributed by atoms with Gasteiger partial charge in [0, 0.05) is 11.2 Å². The normalized spacial score (nSPS) is 13.8. The fourth-order valence-electron chi connectivity index (χ4n) is 2.04. The van der Waals surface area contributed by atoms with E-state index in [4.69, 9.17) is 21.1 Å². The summed E-state index contributed by atoms with van der Waals surface area (Å²) in [6.07, 6.45) is 6.03. The number of hydrogen-bond acceptors (Lipinski definition) is 5. The Morgan fingerprint density at radius 3 is 2.39 bits per heavy atom. The summed E-state index contributed by atoms with van der Waals surface area (Å²) in [6.45, 7) is 0. The van der Waals surface area contributed by atoms with Crippen molar-refractivity contribution in [1.82, 2.24) is 0 Å². The molecule has 0 fully saturated rings. The highest BCUT2D eigenvalue weighted by Gasteiger charge is 2.27. The Hall–Kier alpha value is -2.60. The summed E-state index contributed by atoms with van der Waals surface area (Å²) in [5.41, 5.74) is 0.132. The number of esters is 2. The fourth-order valence-corrected chi connectivity index (χ4v) is 2.26. The first kappa shape index (κ1) is 16.8. The Morgan fingerprint density at radius 2 is 1.78 bits per heavy atom. The van der Waals surface area contributed by atoms with Crippen molar-refractivity contribution in [3.05, 3.63) is 64.7 Å². The Bertz CT molecular complexity index is 719. The van der Waals surface area contributed by atoms with Crippen LogP contribution in [0.15, 0.2) is 53.9 Å². The van der Waals surface area contributed by atoms with E-state index >= 15 is 0 Å². The molecule has 1 aromatic rings. The van der Waals surface area contributed by atoms with Crippen LogP contribution in [0.25, 0.3) is 0 Å². The summed E-state index contributed by atoms with van der Waals surface area (Å²) in [5.74, 6) is -2.08. The van der Waals surface area contributed by atoms with Crippen molar-refractivity contribution in [3.63, 3.8) is 0 Å². The van der Waals surface area contributed by atoms with E-state index < -0.39 is 17.8 Å². The second-order valence-corrected chi connectivity index (χ2v) is 4.88. The molecular formula is C16H13ClFNO4. The zero-order valence-electron chi connectivity index (χ0n) is 12.4. The van der Waals surface area contributed by atoms with Crippen LogP contribution in [0.5, 0.6) is 0 Å². The minimum Gasteiger partial charge on any atom is -0.465 e. The number of allylic oxidation sites excluding steroid dienone is 2. The van der Waals surface area contributed by atoms with Gasteiger partial charge in [0.05, 0.1) is 25.5 Å². The third-order valence-corrected chi connectivity index (χ3v) is 3.23. The van der Waals surface area contributed by atoms with Gasteiger partial charge in [-0.25, -0.2) is 14.0 Å². The zero-order chi connectivity index (χ0) is 17.0. The van der Waals surface area contributed by atoms with E-state index in [1.54, 1.807) is 12.2 Å². The van der Waals surface area contributed by atoms with Crippen molar-refractivity contribution >= 4 is 29.2 Å². The molecule has 0 unspecified atom stereocenters. The highest BCUT2D eigenvalue weighted by molar-refractivity contribution is 6.30. The number of nitrogens with zero attached hydrogens (tertiary/aromatic N) is 1. The Kier molecular flexibility index (Phi) is 5.18. The van der Waals surface area contributed by atoms with Gasteiger partial charge in [0.15, 0.2) is 0 Å². The number of rotatable bonds is 3. The average Bonchev–Trinajstić information content (AvgIpc) is 2.75. The molecule has 1 aromatic carbocycles. The van der Waals surface area contributed by atoms with Gasteiger partial charge in [-0.2, -0.15) is 0 Å². The van der Waals surface area contributed by atoms with E-state index in [9.17, 15) is 14.0 Å². The van der Waals surface area contributed by atoms with E-state index in [0.717, 1.165) is 6.07 Å². The maximum absolute atomic E-state index is 13.6. The average molecular weight is 338 g/mol. The smallest absolute Gasteiger partial charge is 0.355 e. The first-order chi connectivity index (χ1) is 11.0. The molecule has 0 radical (unpaired) electrons. The molecule has 1 aliphatic heterocycles. The number of halogens is 2. The van der Waals surface area contributed by atoms with Gasteiger partial charge in [-0.05, 0) is 30.4 Å². The summed E-state index contributed by atoms with van der Waals surface area (Å²) in [4.78, 5) is 25.5. The molecule has 0 bridgehead atoms. The summed E-state index contributed by atoms with van der Waals surface area (Å²) in [7, 11) is 2.37. The Labute approximate surface area is 137 Å². The van der Waals surface area contributed by atoms with Gasteiger partial charge in [-0.3, -0.25) is 0 Å². The molecule has 23 heavy (non-hydrogen) atoms. The van der Waals surface area contributed by atoms with Crippen molar-refractivity contribution in [3.8, 4) is 0 Å². The summed E-state index contributed by atoms with van der Waals surface area (Å²) < 4.78 is 23.1. The summed E-state index contributed by atoms with van der Waals surface area (Å²) in [6, 6.07) is 3.77. The largest absolute Gasteiger partial charge is 0.465 e. The lowest BCUT2D eigenvalue weighted by Crippen LogP contribution is -2.27. The molecule has 0 saturated heterocycles. The van der Waals surface area contributed by atoms with Crippen LogP contribution >= 0.6 is 11.6 Å². The molecule has 0 N–H and O–H groups in total. The first-order valence-corrected chi connectivity index (χ1v) is 6.87. The number of anilines is 1. The number of benzene rings is 1. The van der Waals surface area contributed by atoms with E-state index in [0.29, 0.717) is 0 Å². The molecule has 0 atom stereocenters. The minimum atomic E-state index is -0.776. The second kappa shape index (κ2) is 7.11. The standard InChI is InChI=1S/C16H13ClFNO4/c1-22-15(20)13-5-3-4-6-19(14(13)16(21)23-2)12-8-10(17)7-11(18)9-12/h3-9H,1-2H3. The van der Waals surface area contributed by atoms with Gasteiger partial charge in [-0.1, -0.05) is 17.7 Å². The molecule has 120 valence electrons. The number of carbonyl (C=O) groups excluding carboxylic acids is 2. The fraction of sp³-hybridized carbons (Fsp3) is 0.125. The SMILES string of the molecule is COC(=O)C1=C(C(=O)OC)N(c2cc(F)cc(Cl)c2)C=CC=C1. The van der Waals surface area contributed by atoms with Crippen LogP contribution in [0, 0.1) is 5.82 Å². The van der Waals surface area contributed by atoms with E-state index in [1.165, 1.54) is 43.5 Å². The van der Waals surface area contributed by atoms with Gasteiger partial charge in [0.2, 0.25) is 0 Å². The molecule has 1 heterocycles. The number of ether oxygens (including phenoxy) is 2. The van der Waals surface area contributed by atoms with Crippen LogP contribution in [0.3, 0.4) is 0 Å². The third kappa shape index (κ3) is 3.60. The number of carbonyl (C=O) groups is 2. The summed E-state index contributed by atoms with van der Waals surface area (Å²) in [5, 5.41) is 0.148. The molecule has 0 spiro atoms. The molecule has 0 aromatic heterocycles. The Morgan fingerprint density at radius 1 is 1.09 bits per heavy atom. The highest BCUT2D eigenvalue weighted by Crippen LogP contribution is 2.29. The molecule has 2 rings (SSSR count). The van der Waals surface area contributed by atoms with Crippen LogP contribution < -0.4 is 4.90 Å². The predicted molar refractivity (Wildman–Crippen MR) is 83.2 cm³/mol. The van der Waals surface area contributed by atoms with Crippen molar-refractivity contribution in [1.29, 1.82) is 0 Å². The van der Waals surface area contributed by atoms with Crippen LogP contribution in [-0.4, -0.2) is 26.2 Å². The van der Waals surface area contributed by atoms with Gasteiger partial charge < -0.3 is 14.4 Å². The van der Waals surface area contributed by atoms with Gasteiger partial charge in [0.1, 0.15) is 11.5 Å². The number of hydrogen-bond donors (Lipinski definition) is 0. The summed E-state index contributed by atoms with van der Waals surface area (Å²) >= 11 is 5.87. The van der Waals surface area contributed by atoms with Gasteiger partial charge in [0.25, 0.3) is 0 Å². The Balaban J connectivity index is 2.68. The maximum Gasteiger partial charge on any atom is 0.355 e.